The third kappa shape index (κ3) is 5.84. The molecule has 1 amide bonds. The highest BCUT2D eigenvalue weighted by Crippen LogP contribution is 2.30. The van der Waals surface area contributed by atoms with Gasteiger partial charge in [0.15, 0.2) is 5.82 Å². The highest BCUT2D eigenvalue weighted by atomic mass is 35.5. The van der Waals surface area contributed by atoms with Crippen LogP contribution >= 0.6 is 11.6 Å². The predicted octanol–water partition coefficient (Wildman–Crippen LogP) is 4.80. The minimum Gasteiger partial charge on any atom is -0.351 e. The molecule has 2 aromatic heterocycles. The van der Waals surface area contributed by atoms with Gasteiger partial charge in [0.1, 0.15) is 23.2 Å². The zero-order valence-electron chi connectivity index (χ0n) is 18.7. The number of aromatic nitrogens is 4. The zero-order chi connectivity index (χ0) is 23.4. The molecule has 0 spiro atoms. The van der Waals surface area contributed by atoms with Crippen molar-refractivity contribution in [1.29, 1.82) is 0 Å². The summed E-state index contributed by atoms with van der Waals surface area (Å²) in [5.41, 5.74) is 1.76. The maximum Gasteiger partial charge on any atom is 0.223 e. The summed E-state index contributed by atoms with van der Waals surface area (Å²) >= 11 is 5.89. The molecule has 4 rings (SSSR count). The smallest absolute Gasteiger partial charge is 0.223 e. The van der Waals surface area contributed by atoms with Crippen molar-refractivity contribution < 1.29 is 9.18 Å². The Kier molecular flexibility index (Phi) is 7.17. The second kappa shape index (κ2) is 10.2. The van der Waals surface area contributed by atoms with E-state index in [1.165, 1.54) is 18.5 Å². The second-order valence-corrected chi connectivity index (χ2v) is 9.00. The largest absolute Gasteiger partial charge is 0.351 e. The Morgan fingerprint density at radius 1 is 1.18 bits per heavy atom. The van der Waals surface area contributed by atoms with E-state index in [2.05, 4.69) is 30.6 Å². The Hall–Kier alpha value is -3.07. The average Bonchev–Trinajstić information content (AvgIpc) is 2.81. The fourth-order valence-corrected chi connectivity index (χ4v) is 4.24. The zero-order valence-corrected chi connectivity index (χ0v) is 19.4. The van der Waals surface area contributed by atoms with Crippen molar-refractivity contribution in [3.8, 4) is 0 Å². The average molecular weight is 472 g/mol. The molecule has 2 N–H and O–H groups in total. The first-order chi connectivity index (χ1) is 15.9. The maximum atomic E-state index is 13.5. The molecule has 0 atom stereocenters. The fourth-order valence-electron chi connectivity index (χ4n) is 4.06. The molecule has 2 heterocycles. The summed E-state index contributed by atoms with van der Waals surface area (Å²) < 4.78 is 13.5. The number of hydrogen-bond donors (Lipinski definition) is 2. The number of anilines is 3. The number of nitrogens with zero attached hydrogens (tertiary/aromatic N) is 5. The van der Waals surface area contributed by atoms with Gasteiger partial charge >= 0.3 is 0 Å². The van der Waals surface area contributed by atoms with Gasteiger partial charge in [0.25, 0.3) is 0 Å². The van der Waals surface area contributed by atoms with E-state index in [4.69, 9.17) is 11.6 Å². The lowest BCUT2D eigenvalue weighted by Crippen LogP contribution is -2.28. The SMILES string of the molecule is CN(C)C(=O)CC[C@H]1CC[C@H](Nc2ncc3ncnc(Nc4ccc(F)c(Cl)c4)c3n2)CC1. The molecule has 1 aliphatic rings. The second-order valence-electron chi connectivity index (χ2n) is 8.59. The van der Waals surface area contributed by atoms with Crippen LogP contribution in [0.5, 0.6) is 0 Å². The molecule has 3 aromatic rings. The van der Waals surface area contributed by atoms with E-state index in [1.54, 1.807) is 31.3 Å². The highest BCUT2D eigenvalue weighted by Gasteiger charge is 2.23. The van der Waals surface area contributed by atoms with Gasteiger partial charge in [-0.1, -0.05) is 11.6 Å². The van der Waals surface area contributed by atoms with Gasteiger partial charge < -0.3 is 15.5 Å². The molecule has 1 aromatic carbocycles. The number of carbonyl (C=O) groups is 1. The Morgan fingerprint density at radius 2 is 1.97 bits per heavy atom. The van der Waals surface area contributed by atoms with Crippen molar-refractivity contribution in [2.24, 2.45) is 5.92 Å². The van der Waals surface area contributed by atoms with Gasteiger partial charge in [0.05, 0.1) is 11.2 Å². The lowest BCUT2D eigenvalue weighted by Gasteiger charge is -2.29. The summed E-state index contributed by atoms with van der Waals surface area (Å²) in [6, 6.07) is 4.65. The van der Waals surface area contributed by atoms with Gasteiger partial charge in [0.2, 0.25) is 11.9 Å². The van der Waals surface area contributed by atoms with E-state index in [1.807, 2.05) is 0 Å². The monoisotopic (exact) mass is 471 g/mol. The van der Waals surface area contributed by atoms with E-state index in [0.29, 0.717) is 40.8 Å². The molecule has 0 unspecified atom stereocenters. The summed E-state index contributed by atoms with van der Waals surface area (Å²) in [6.45, 7) is 0. The van der Waals surface area contributed by atoms with Crippen LogP contribution in [0.3, 0.4) is 0 Å². The minimum absolute atomic E-state index is 0.0250. The summed E-state index contributed by atoms with van der Waals surface area (Å²) in [7, 11) is 3.60. The molecule has 1 fully saturated rings. The van der Waals surface area contributed by atoms with Crippen LogP contribution in [0.2, 0.25) is 5.02 Å². The Labute approximate surface area is 197 Å². The normalized spacial score (nSPS) is 18.2. The van der Waals surface area contributed by atoms with Crippen LogP contribution in [0.4, 0.5) is 21.8 Å². The summed E-state index contributed by atoms with van der Waals surface area (Å²) in [5, 5.41) is 6.59. The highest BCUT2D eigenvalue weighted by molar-refractivity contribution is 6.31. The van der Waals surface area contributed by atoms with Crippen LogP contribution in [0, 0.1) is 11.7 Å². The van der Waals surface area contributed by atoms with Crippen LogP contribution in [-0.2, 0) is 4.79 Å². The third-order valence-corrected chi connectivity index (χ3v) is 6.29. The molecule has 1 saturated carbocycles. The van der Waals surface area contributed by atoms with Crippen molar-refractivity contribution >= 4 is 46.0 Å². The lowest BCUT2D eigenvalue weighted by molar-refractivity contribution is -0.129. The van der Waals surface area contributed by atoms with E-state index >= 15 is 0 Å². The number of fused-ring (bicyclic) bond motifs is 1. The molecule has 174 valence electrons. The molecular formula is C23H27ClFN7O. The van der Waals surface area contributed by atoms with E-state index < -0.39 is 5.82 Å². The number of benzene rings is 1. The van der Waals surface area contributed by atoms with E-state index in [0.717, 1.165) is 32.1 Å². The van der Waals surface area contributed by atoms with Gasteiger partial charge in [-0.15, -0.1) is 0 Å². The summed E-state index contributed by atoms with van der Waals surface area (Å²) in [6.07, 6.45) is 8.80. The molecular weight excluding hydrogens is 445 g/mol. The number of nitrogens with one attached hydrogen (secondary N) is 2. The molecule has 0 saturated heterocycles. The van der Waals surface area contributed by atoms with Crippen molar-refractivity contribution in [2.45, 2.75) is 44.6 Å². The van der Waals surface area contributed by atoms with Gasteiger partial charge in [-0.05, 0) is 56.2 Å². The minimum atomic E-state index is -0.484. The van der Waals surface area contributed by atoms with E-state index in [-0.39, 0.29) is 17.0 Å². The van der Waals surface area contributed by atoms with Crippen LogP contribution < -0.4 is 10.6 Å². The van der Waals surface area contributed by atoms with Crippen LogP contribution in [0.15, 0.2) is 30.7 Å². The molecule has 0 bridgehead atoms. The molecule has 33 heavy (non-hydrogen) atoms. The van der Waals surface area contributed by atoms with E-state index in [9.17, 15) is 9.18 Å². The Bertz CT molecular complexity index is 1130. The standard InChI is InChI=1S/C23H27ClFN7O/c1-32(2)20(33)10-5-14-3-6-15(7-4-14)30-23-26-12-19-21(31-23)22(28-13-27-19)29-16-8-9-18(25)17(24)11-16/h8-9,11-15H,3-7,10H2,1-2H3,(H,26,30,31)(H,27,28,29)/t14-,15-. The van der Waals surface area contributed by atoms with Crippen molar-refractivity contribution in [3.63, 3.8) is 0 Å². The molecule has 0 radical (unpaired) electrons. The lowest BCUT2D eigenvalue weighted by atomic mass is 9.83. The van der Waals surface area contributed by atoms with Crippen molar-refractivity contribution in [2.75, 3.05) is 24.7 Å². The predicted molar refractivity (Wildman–Crippen MR) is 127 cm³/mol. The first kappa shape index (κ1) is 23.1. The summed E-state index contributed by atoms with van der Waals surface area (Å²) in [4.78, 5) is 31.1. The first-order valence-corrected chi connectivity index (χ1v) is 11.4. The number of halogens is 2. The Balaban J connectivity index is 1.40. The molecule has 0 aliphatic heterocycles. The van der Waals surface area contributed by atoms with Gasteiger partial charge in [0, 0.05) is 32.2 Å². The van der Waals surface area contributed by atoms with Gasteiger partial charge in [-0.2, -0.15) is 0 Å². The quantitative estimate of drug-likeness (QED) is 0.511. The molecule has 10 heteroatoms. The fraction of sp³-hybridized carbons (Fsp3) is 0.435. The van der Waals surface area contributed by atoms with Crippen molar-refractivity contribution in [1.82, 2.24) is 24.8 Å². The van der Waals surface area contributed by atoms with Gasteiger partial charge in [-0.3, -0.25) is 4.79 Å². The maximum absolute atomic E-state index is 13.5. The van der Waals surface area contributed by atoms with Crippen molar-refractivity contribution in [3.05, 3.63) is 41.6 Å². The third-order valence-electron chi connectivity index (χ3n) is 6.00. The Morgan fingerprint density at radius 3 is 2.70 bits per heavy atom. The number of amides is 1. The number of hydrogen-bond acceptors (Lipinski definition) is 7. The van der Waals surface area contributed by atoms with Crippen LogP contribution in [0.25, 0.3) is 11.0 Å². The first-order valence-electron chi connectivity index (χ1n) is 11.1. The topological polar surface area (TPSA) is 95.9 Å². The van der Waals surface area contributed by atoms with Crippen LogP contribution in [0.1, 0.15) is 38.5 Å². The number of rotatable bonds is 7. The summed E-state index contributed by atoms with van der Waals surface area (Å²) in [5.74, 6) is 1.29. The molecule has 8 nitrogen and oxygen atoms in total. The van der Waals surface area contributed by atoms with Crippen LogP contribution in [-0.4, -0.2) is 50.9 Å². The molecule has 1 aliphatic carbocycles. The van der Waals surface area contributed by atoms with Gasteiger partial charge in [-0.25, -0.2) is 24.3 Å². The number of carbonyl (C=O) groups excluding carboxylic acids is 1.